The molecule has 0 saturated carbocycles. The summed E-state index contributed by atoms with van der Waals surface area (Å²) in [5.41, 5.74) is 0.953. The maximum atomic E-state index is 5.35. The van der Waals surface area contributed by atoms with Gasteiger partial charge in [-0.1, -0.05) is 12.2 Å². The third-order valence-electron chi connectivity index (χ3n) is 2.85. The van der Waals surface area contributed by atoms with Crippen LogP contribution in [0.25, 0.3) is 0 Å². The molecule has 6 heteroatoms. The van der Waals surface area contributed by atoms with Crippen LogP contribution in [0.3, 0.4) is 0 Å². The van der Waals surface area contributed by atoms with Crippen LogP contribution in [0.5, 0.6) is 0 Å². The lowest BCUT2D eigenvalue weighted by Crippen LogP contribution is -2.17. The zero-order chi connectivity index (χ0) is 12.3. The first-order valence-corrected chi connectivity index (χ1v) is 6.77. The lowest BCUT2D eigenvalue weighted by Gasteiger charge is -2.22. The Balaban J connectivity index is 2.30. The number of aromatic amines is 1. The molecule has 0 aliphatic carbocycles. The largest absolute Gasteiger partial charge is 0.381 e. The Kier molecular flexibility index (Phi) is 4.67. The van der Waals surface area contributed by atoms with Crippen molar-refractivity contribution in [2.24, 2.45) is 0 Å². The molecule has 94 valence electrons. The van der Waals surface area contributed by atoms with Crippen molar-refractivity contribution in [1.82, 2.24) is 9.97 Å². The minimum absolute atomic E-state index is 0.411. The number of nitrogens with zero attached hydrogens (tertiary/aromatic N) is 1. The van der Waals surface area contributed by atoms with Gasteiger partial charge in [0.15, 0.2) is 0 Å². The Bertz CT molecular complexity index is 444. The Labute approximate surface area is 114 Å². The molecular formula is C11H15BrN2O2S. The molecule has 2 heterocycles. The van der Waals surface area contributed by atoms with Crippen molar-refractivity contribution in [3.05, 3.63) is 20.6 Å². The molecule has 1 saturated heterocycles. The topological polar surface area (TPSA) is 47.1 Å². The van der Waals surface area contributed by atoms with E-state index in [4.69, 9.17) is 21.7 Å². The molecule has 0 unspecified atom stereocenters. The number of nitrogens with one attached hydrogen (secondary N) is 1. The monoisotopic (exact) mass is 318 g/mol. The lowest BCUT2D eigenvalue weighted by molar-refractivity contribution is 0.0833. The fourth-order valence-electron chi connectivity index (χ4n) is 1.93. The van der Waals surface area contributed by atoms with E-state index in [1.807, 2.05) is 0 Å². The maximum Gasteiger partial charge on any atom is 0.144 e. The van der Waals surface area contributed by atoms with Crippen LogP contribution in [-0.4, -0.2) is 30.3 Å². The second-order valence-electron chi connectivity index (χ2n) is 4.04. The average molecular weight is 319 g/mol. The maximum absolute atomic E-state index is 5.35. The highest BCUT2D eigenvalue weighted by atomic mass is 79.9. The van der Waals surface area contributed by atoms with Crippen molar-refractivity contribution in [3.63, 3.8) is 0 Å². The van der Waals surface area contributed by atoms with Crippen LogP contribution in [0.4, 0.5) is 0 Å². The number of hydrogen-bond acceptors (Lipinski definition) is 4. The second kappa shape index (κ2) is 6.04. The van der Waals surface area contributed by atoms with E-state index in [-0.39, 0.29) is 0 Å². The minimum atomic E-state index is 0.411. The highest BCUT2D eigenvalue weighted by Crippen LogP contribution is 2.26. The molecule has 0 bridgehead atoms. The van der Waals surface area contributed by atoms with Gasteiger partial charge >= 0.3 is 0 Å². The Morgan fingerprint density at radius 2 is 2.24 bits per heavy atom. The first kappa shape index (κ1) is 13.1. The third kappa shape index (κ3) is 3.13. The van der Waals surface area contributed by atoms with E-state index < -0.39 is 0 Å². The van der Waals surface area contributed by atoms with Gasteiger partial charge < -0.3 is 14.5 Å². The highest BCUT2D eigenvalue weighted by Gasteiger charge is 2.19. The Morgan fingerprint density at radius 1 is 1.53 bits per heavy atom. The summed E-state index contributed by atoms with van der Waals surface area (Å²) in [5.74, 6) is 1.36. The zero-order valence-corrected chi connectivity index (χ0v) is 12.1. The van der Waals surface area contributed by atoms with Gasteiger partial charge in [0.2, 0.25) is 0 Å². The van der Waals surface area contributed by atoms with E-state index >= 15 is 0 Å². The van der Waals surface area contributed by atoms with Gasteiger partial charge in [-0.3, -0.25) is 0 Å². The smallest absolute Gasteiger partial charge is 0.144 e. The van der Waals surface area contributed by atoms with Crippen LogP contribution >= 0.6 is 28.1 Å². The molecule has 1 fully saturated rings. The predicted octanol–water partition coefficient (Wildman–Crippen LogP) is 2.94. The standard InChI is InChI=1S/C11H15BrN2O2S/c1-15-6-8-9(12)11(17)14-10(13-8)7-2-4-16-5-3-7/h7H,2-6H2,1H3,(H,13,14,17). The molecular weight excluding hydrogens is 304 g/mol. The van der Waals surface area contributed by atoms with Gasteiger partial charge in [-0.2, -0.15) is 0 Å². The van der Waals surface area contributed by atoms with Crippen LogP contribution in [0.15, 0.2) is 4.47 Å². The van der Waals surface area contributed by atoms with Crippen LogP contribution in [0.2, 0.25) is 0 Å². The van der Waals surface area contributed by atoms with Crippen LogP contribution in [0.1, 0.15) is 30.3 Å². The molecule has 0 aromatic carbocycles. The molecule has 0 amide bonds. The molecule has 1 aliphatic heterocycles. The second-order valence-corrected chi connectivity index (χ2v) is 5.22. The molecule has 4 nitrogen and oxygen atoms in total. The number of hydrogen-bond donors (Lipinski definition) is 1. The van der Waals surface area contributed by atoms with Gasteiger partial charge in [-0.15, -0.1) is 0 Å². The van der Waals surface area contributed by atoms with Crippen LogP contribution in [0, 0.1) is 4.64 Å². The van der Waals surface area contributed by atoms with E-state index in [0.29, 0.717) is 17.2 Å². The normalized spacial score (nSPS) is 17.3. The van der Waals surface area contributed by atoms with E-state index in [1.165, 1.54) is 0 Å². The van der Waals surface area contributed by atoms with Crippen molar-refractivity contribution in [2.45, 2.75) is 25.4 Å². The number of H-pyrrole nitrogens is 1. The third-order valence-corrected chi connectivity index (χ3v) is 4.26. The van der Waals surface area contributed by atoms with Crippen molar-refractivity contribution in [2.75, 3.05) is 20.3 Å². The van der Waals surface area contributed by atoms with Gasteiger partial charge in [0.1, 0.15) is 10.5 Å². The van der Waals surface area contributed by atoms with E-state index in [0.717, 1.165) is 42.0 Å². The molecule has 2 rings (SSSR count). The molecule has 17 heavy (non-hydrogen) atoms. The van der Waals surface area contributed by atoms with Gasteiger partial charge in [-0.25, -0.2) is 4.98 Å². The molecule has 0 radical (unpaired) electrons. The quantitative estimate of drug-likeness (QED) is 0.870. The minimum Gasteiger partial charge on any atom is -0.381 e. The predicted molar refractivity (Wildman–Crippen MR) is 70.6 cm³/mol. The Hall–Kier alpha value is -0.300. The average Bonchev–Trinajstić information content (AvgIpc) is 2.36. The van der Waals surface area contributed by atoms with E-state index in [2.05, 4.69) is 25.9 Å². The number of aromatic nitrogens is 2. The molecule has 1 N–H and O–H groups in total. The number of ether oxygens (including phenoxy) is 2. The SMILES string of the molecule is COCc1[nH]c(C2CCOCC2)nc(=S)c1Br. The van der Waals surface area contributed by atoms with Crippen molar-refractivity contribution >= 4 is 28.1 Å². The number of methoxy groups -OCH3 is 1. The van der Waals surface area contributed by atoms with Crippen molar-refractivity contribution in [1.29, 1.82) is 0 Å². The molecule has 0 spiro atoms. The first-order valence-electron chi connectivity index (χ1n) is 5.57. The van der Waals surface area contributed by atoms with Gasteiger partial charge in [0.25, 0.3) is 0 Å². The van der Waals surface area contributed by atoms with E-state index in [1.54, 1.807) is 7.11 Å². The van der Waals surface area contributed by atoms with Gasteiger partial charge in [0.05, 0.1) is 16.8 Å². The van der Waals surface area contributed by atoms with Crippen LogP contribution in [-0.2, 0) is 16.1 Å². The highest BCUT2D eigenvalue weighted by molar-refractivity contribution is 9.10. The first-order chi connectivity index (χ1) is 8.22. The van der Waals surface area contributed by atoms with Crippen LogP contribution < -0.4 is 0 Å². The summed E-state index contributed by atoms with van der Waals surface area (Å²) in [7, 11) is 1.66. The van der Waals surface area contributed by atoms with Crippen molar-refractivity contribution < 1.29 is 9.47 Å². The molecule has 0 atom stereocenters. The fourth-order valence-corrected chi connectivity index (χ4v) is 2.46. The summed E-state index contributed by atoms with van der Waals surface area (Å²) >= 11 is 8.68. The summed E-state index contributed by atoms with van der Waals surface area (Å²) < 4.78 is 11.9. The van der Waals surface area contributed by atoms with Gasteiger partial charge in [0, 0.05) is 26.2 Å². The summed E-state index contributed by atoms with van der Waals surface area (Å²) in [6.07, 6.45) is 1.98. The fraction of sp³-hybridized carbons (Fsp3) is 0.636. The van der Waals surface area contributed by atoms with Gasteiger partial charge in [-0.05, 0) is 28.8 Å². The number of halogens is 1. The lowest BCUT2D eigenvalue weighted by atomic mass is 9.99. The van der Waals surface area contributed by atoms with Crippen molar-refractivity contribution in [3.8, 4) is 0 Å². The molecule has 1 aromatic heterocycles. The number of rotatable bonds is 3. The summed E-state index contributed by atoms with van der Waals surface area (Å²) in [6, 6.07) is 0. The Morgan fingerprint density at radius 3 is 2.88 bits per heavy atom. The summed E-state index contributed by atoms with van der Waals surface area (Å²) in [4.78, 5) is 7.76. The molecule has 1 aromatic rings. The van der Waals surface area contributed by atoms with E-state index in [9.17, 15) is 0 Å². The summed E-state index contributed by atoms with van der Waals surface area (Å²) in [6.45, 7) is 2.09. The summed E-state index contributed by atoms with van der Waals surface area (Å²) in [5, 5.41) is 0. The zero-order valence-electron chi connectivity index (χ0n) is 9.66. The molecule has 1 aliphatic rings.